The molecule has 1 rings (SSSR count). The molecular weight excluding hydrogens is 320 g/mol. The van der Waals surface area contributed by atoms with Gasteiger partial charge in [0.15, 0.2) is 0 Å². The lowest BCUT2D eigenvalue weighted by molar-refractivity contribution is 0.0311. The number of rotatable bonds is 6. The minimum atomic E-state index is -1.26. The first-order chi connectivity index (χ1) is 8.96. The smallest absolute Gasteiger partial charge is 0.335 e. The fourth-order valence-corrected chi connectivity index (χ4v) is 1.98. The van der Waals surface area contributed by atoms with Crippen LogP contribution in [0.3, 0.4) is 0 Å². The lowest BCUT2D eigenvalue weighted by Gasteiger charge is -2.21. The Kier molecular flexibility index (Phi) is 5.59. The maximum Gasteiger partial charge on any atom is 0.335 e. The summed E-state index contributed by atoms with van der Waals surface area (Å²) in [5.41, 5.74) is 0.180. The number of hydrogen-bond donors (Lipinski definition) is 3. The first-order valence-corrected chi connectivity index (χ1v) is 6.49. The van der Waals surface area contributed by atoms with Gasteiger partial charge in [-0.25, -0.2) is 4.79 Å². The van der Waals surface area contributed by atoms with Gasteiger partial charge >= 0.3 is 5.97 Å². The molecule has 0 aliphatic rings. The predicted molar refractivity (Wildman–Crippen MR) is 71.3 cm³/mol. The number of carbonyl (C=O) groups is 1. The summed E-state index contributed by atoms with van der Waals surface area (Å²) in [5.74, 6) is -0.854. The highest BCUT2D eigenvalue weighted by molar-refractivity contribution is 9.09. The maximum atomic E-state index is 11.0. The molecule has 7 heteroatoms. The highest BCUT2D eigenvalue weighted by atomic mass is 79.9. The average molecular weight is 335 g/mol. The van der Waals surface area contributed by atoms with Gasteiger partial charge < -0.3 is 24.8 Å². The van der Waals surface area contributed by atoms with E-state index in [2.05, 4.69) is 15.9 Å². The molecule has 0 radical (unpaired) electrons. The fraction of sp³-hybridized carbons (Fsp3) is 0.417. The minimum Gasteiger partial charge on any atom is -0.496 e. The van der Waals surface area contributed by atoms with Gasteiger partial charge in [0.05, 0.1) is 31.5 Å². The fourth-order valence-electron chi connectivity index (χ4n) is 1.63. The molecule has 0 bridgehead atoms. The van der Waals surface area contributed by atoms with Crippen molar-refractivity contribution in [1.82, 2.24) is 0 Å². The van der Waals surface area contributed by atoms with E-state index in [0.717, 1.165) is 0 Å². The second-order valence-corrected chi connectivity index (χ2v) is 4.41. The molecule has 0 amide bonds. The van der Waals surface area contributed by atoms with Gasteiger partial charge in [0.2, 0.25) is 0 Å². The van der Waals surface area contributed by atoms with Gasteiger partial charge in [-0.15, -0.1) is 0 Å². The van der Waals surface area contributed by atoms with Crippen molar-refractivity contribution in [1.29, 1.82) is 0 Å². The monoisotopic (exact) mass is 334 g/mol. The van der Waals surface area contributed by atoms with Crippen molar-refractivity contribution in [2.75, 3.05) is 19.5 Å². The van der Waals surface area contributed by atoms with Crippen molar-refractivity contribution in [3.63, 3.8) is 0 Å². The second-order valence-electron chi connectivity index (χ2n) is 3.77. The Morgan fingerprint density at radius 2 is 1.74 bits per heavy atom. The molecular formula is C12H15BrO6. The van der Waals surface area contributed by atoms with Crippen molar-refractivity contribution in [2.45, 2.75) is 12.2 Å². The topological polar surface area (TPSA) is 96.2 Å². The number of aromatic carboxylic acids is 1. The van der Waals surface area contributed by atoms with Crippen molar-refractivity contribution in [3.05, 3.63) is 23.3 Å². The quantitative estimate of drug-likeness (QED) is 0.676. The molecule has 106 valence electrons. The van der Waals surface area contributed by atoms with Crippen molar-refractivity contribution < 1.29 is 29.6 Å². The Bertz CT molecular complexity index is 437. The molecule has 1 aromatic rings. The average Bonchev–Trinajstić information content (AvgIpc) is 2.43. The van der Waals surface area contributed by atoms with E-state index in [4.69, 9.17) is 14.6 Å². The van der Waals surface area contributed by atoms with Crippen LogP contribution < -0.4 is 9.47 Å². The van der Waals surface area contributed by atoms with Crippen LogP contribution in [0.1, 0.15) is 22.0 Å². The van der Waals surface area contributed by atoms with Gasteiger partial charge in [0.1, 0.15) is 17.6 Å². The number of aliphatic hydroxyl groups is 2. The number of methoxy groups -OCH3 is 2. The Balaban J connectivity index is 3.40. The molecule has 0 aliphatic heterocycles. The van der Waals surface area contributed by atoms with Gasteiger partial charge in [-0.2, -0.15) is 0 Å². The first-order valence-electron chi connectivity index (χ1n) is 5.37. The SMILES string of the molecule is COc1cc(C(=O)O)cc(OC)c1C(O)C(O)CBr. The van der Waals surface area contributed by atoms with E-state index in [1.54, 1.807) is 0 Å². The number of ether oxygens (including phenoxy) is 2. The van der Waals surface area contributed by atoms with Crippen LogP contribution in [-0.4, -0.2) is 46.9 Å². The van der Waals surface area contributed by atoms with Crippen molar-refractivity contribution in [3.8, 4) is 11.5 Å². The number of halogens is 1. The predicted octanol–water partition coefficient (Wildman–Crippen LogP) is 1.19. The van der Waals surface area contributed by atoms with Gasteiger partial charge in [0, 0.05) is 5.33 Å². The van der Waals surface area contributed by atoms with Crippen LogP contribution in [0.15, 0.2) is 12.1 Å². The van der Waals surface area contributed by atoms with E-state index in [0.29, 0.717) is 0 Å². The molecule has 0 heterocycles. The number of benzene rings is 1. The lowest BCUT2D eigenvalue weighted by Crippen LogP contribution is -2.21. The molecule has 0 aromatic heterocycles. The summed E-state index contributed by atoms with van der Waals surface area (Å²) in [7, 11) is 2.69. The molecule has 0 saturated carbocycles. The summed E-state index contributed by atoms with van der Waals surface area (Å²) in [6, 6.07) is 2.54. The van der Waals surface area contributed by atoms with Crippen LogP contribution in [0.25, 0.3) is 0 Å². The number of carboxylic acid groups (broad SMARTS) is 1. The normalized spacial score (nSPS) is 13.7. The third-order valence-corrected chi connectivity index (χ3v) is 3.27. The highest BCUT2D eigenvalue weighted by Crippen LogP contribution is 2.37. The van der Waals surface area contributed by atoms with Crippen LogP contribution in [0.4, 0.5) is 0 Å². The van der Waals surface area contributed by atoms with Crippen LogP contribution in [-0.2, 0) is 0 Å². The number of carboxylic acids is 1. The summed E-state index contributed by atoms with van der Waals surface area (Å²) < 4.78 is 10.1. The van der Waals surface area contributed by atoms with E-state index in [1.807, 2.05) is 0 Å². The van der Waals surface area contributed by atoms with Crippen molar-refractivity contribution in [2.24, 2.45) is 0 Å². The molecule has 0 spiro atoms. The highest BCUT2D eigenvalue weighted by Gasteiger charge is 2.26. The summed E-state index contributed by atoms with van der Waals surface area (Å²) in [4.78, 5) is 11.0. The van der Waals surface area contributed by atoms with Crippen LogP contribution in [0.5, 0.6) is 11.5 Å². The standard InChI is InChI=1S/C12H15BrO6/c1-18-8-3-6(12(16)17)4-9(19-2)10(8)11(15)7(14)5-13/h3-4,7,11,14-15H,5H2,1-2H3,(H,16,17). The Hall–Kier alpha value is -1.31. The van der Waals surface area contributed by atoms with E-state index in [9.17, 15) is 15.0 Å². The summed E-state index contributed by atoms with van der Waals surface area (Å²) in [5, 5.41) is 28.9. The van der Waals surface area contributed by atoms with Gasteiger partial charge in [-0.1, -0.05) is 15.9 Å². The zero-order valence-corrected chi connectivity index (χ0v) is 12.0. The summed E-state index contributed by atoms with van der Waals surface area (Å²) in [6.07, 6.45) is -2.33. The Morgan fingerprint density at radius 3 is 2.05 bits per heavy atom. The molecule has 2 unspecified atom stereocenters. The number of alkyl halides is 1. The Morgan fingerprint density at radius 1 is 1.26 bits per heavy atom. The molecule has 19 heavy (non-hydrogen) atoms. The zero-order valence-electron chi connectivity index (χ0n) is 10.5. The maximum absolute atomic E-state index is 11.0. The van der Waals surface area contributed by atoms with E-state index < -0.39 is 18.2 Å². The summed E-state index contributed by atoms with van der Waals surface area (Å²) in [6.45, 7) is 0. The molecule has 6 nitrogen and oxygen atoms in total. The minimum absolute atomic E-state index is 0.0296. The van der Waals surface area contributed by atoms with Crippen LogP contribution in [0, 0.1) is 0 Å². The molecule has 0 fully saturated rings. The number of hydrogen-bond acceptors (Lipinski definition) is 5. The lowest BCUT2D eigenvalue weighted by atomic mass is 10.0. The van der Waals surface area contributed by atoms with Crippen molar-refractivity contribution >= 4 is 21.9 Å². The van der Waals surface area contributed by atoms with E-state index in [1.165, 1.54) is 26.4 Å². The molecule has 2 atom stereocenters. The van der Waals surface area contributed by atoms with Gasteiger partial charge in [-0.05, 0) is 12.1 Å². The number of aliphatic hydroxyl groups excluding tert-OH is 2. The third-order valence-electron chi connectivity index (χ3n) is 2.61. The second kappa shape index (κ2) is 6.74. The summed E-state index contributed by atoms with van der Waals surface area (Å²) >= 11 is 3.06. The van der Waals surface area contributed by atoms with E-state index >= 15 is 0 Å². The molecule has 0 aliphatic carbocycles. The first kappa shape index (κ1) is 15.7. The van der Waals surface area contributed by atoms with Gasteiger partial charge in [-0.3, -0.25) is 0 Å². The Labute approximate surface area is 118 Å². The molecule has 0 saturated heterocycles. The molecule has 3 N–H and O–H groups in total. The van der Waals surface area contributed by atoms with Crippen LogP contribution in [0.2, 0.25) is 0 Å². The third kappa shape index (κ3) is 3.37. The largest absolute Gasteiger partial charge is 0.496 e. The van der Waals surface area contributed by atoms with Gasteiger partial charge in [0.25, 0.3) is 0 Å². The van der Waals surface area contributed by atoms with E-state index in [-0.39, 0.29) is 28.0 Å². The molecule has 1 aromatic carbocycles. The van der Waals surface area contributed by atoms with Crippen LogP contribution >= 0.6 is 15.9 Å². The zero-order chi connectivity index (χ0) is 14.6.